The SMILES string of the molecule is CC(C)=CCCC(C)=CCC(Cl)C=C(C)CCC=C(C)C. The lowest BCUT2D eigenvalue weighted by Crippen LogP contribution is -1.94. The van der Waals surface area contributed by atoms with Crippen molar-refractivity contribution in [2.45, 2.75) is 79.0 Å². The second kappa shape index (κ2) is 11.9. The van der Waals surface area contributed by atoms with Gasteiger partial charge in [0.2, 0.25) is 0 Å². The van der Waals surface area contributed by atoms with Crippen LogP contribution in [0.15, 0.2) is 46.6 Å². The summed E-state index contributed by atoms with van der Waals surface area (Å²) in [4.78, 5) is 0. The van der Waals surface area contributed by atoms with Gasteiger partial charge in [-0.1, -0.05) is 46.6 Å². The molecule has 0 rings (SSSR count). The maximum Gasteiger partial charge on any atom is 0.0553 e. The Hall–Kier alpha value is -0.750. The number of hydrogen-bond acceptors (Lipinski definition) is 0. The quantitative estimate of drug-likeness (QED) is 0.308. The zero-order valence-electron chi connectivity index (χ0n) is 14.8. The van der Waals surface area contributed by atoms with Crippen LogP contribution in [0.5, 0.6) is 0 Å². The summed E-state index contributed by atoms with van der Waals surface area (Å²) in [7, 11) is 0. The molecule has 1 unspecified atom stereocenters. The first-order valence-corrected chi connectivity index (χ1v) is 8.48. The van der Waals surface area contributed by atoms with Crippen LogP contribution < -0.4 is 0 Å². The maximum atomic E-state index is 6.40. The lowest BCUT2D eigenvalue weighted by molar-refractivity contribution is 0.919. The summed E-state index contributed by atoms with van der Waals surface area (Å²) in [6, 6.07) is 0. The van der Waals surface area contributed by atoms with Crippen LogP contribution in [0.3, 0.4) is 0 Å². The molecular weight excluding hydrogens is 276 g/mol. The zero-order chi connectivity index (χ0) is 16.3. The van der Waals surface area contributed by atoms with Gasteiger partial charge in [-0.2, -0.15) is 0 Å². The highest BCUT2D eigenvalue weighted by molar-refractivity contribution is 6.21. The van der Waals surface area contributed by atoms with E-state index in [1.165, 1.54) is 22.3 Å². The van der Waals surface area contributed by atoms with Gasteiger partial charge in [0, 0.05) is 0 Å². The van der Waals surface area contributed by atoms with Crippen molar-refractivity contribution in [3.8, 4) is 0 Å². The molecule has 0 aromatic carbocycles. The van der Waals surface area contributed by atoms with Crippen molar-refractivity contribution in [1.29, 1.82) is 0 Å². The van der Waals surface area contributed by atoms with Crippen molar-refractivity contribution >= 4 is 11.6 Å². The highest BCUT2D eigenvalue weighted by Crippen LogP contribution is 2.15. The molecule has 0 radical (unpaired) electrons. The third-order valence-corrected chi connectivity index (χ3v) is 3.64. The molecule has 0 spiro atoms. The highest BCUT2D eigenvalue weighted by atomic mass is 35.5. The lowest BCUT2D eigenvalue weighted by atomic mass is 10.1. The topological polar surface area (TPSA) is 0 Å². The highest BCUT2D eigenvalue weighted by Gasteiger charge is 2.00. The normalized spacial score (nSPS) is 13.9. The molecule has 0 N–H and O–H groups in total. The predicted octanol–water partition coefficient (Wildman–Crippen LogP) is 7.37. The van der Waals surface area contributed by atoms with E-state index in [1.54, 1.807) is 0 Å². The molecule has 0 aromatic rings. The van der Waals surface area contributed by atoms with Crippen LogP contribution in [0.25, 0.3) is 0 Å². The van der Waals surface area contributed by atoms with Crippen molar-refractivity contribution in [2.24, 2.45) is 0 Å². The van der Waals surface area contributed by atoms with Crippen LogP contribution in [-0.2, 0) is 0 Å². The average molecular weight is 309 g/mol. The molecule has 0 aliphatic rings. The van der Waals surface area contributed by atoms with Crippen molar-refractivity contribution in [1.82, 2.24) is 0 Å². The fourth-order valence-electron chi connectivity index (χ4n) is 2.05. The smallest absolute Gasteiger partial charge is 0.0553 e. The molecule has 0 bridgehead atoms. The Morgan fingerprint density at radius 1 is 0.762 bits per heavy atom. The van der Waals surface area contributed by atoms with Crippen molar-refractivity contribution in [2.75, 3.05) is 0 Å². The molecule has 0 amide bonds. The first kappa shape index (κ1) is 20.2. The molecule has 21 heavy (non-hydrogen) atoms. The maximum absolute atomic E-state index is 6.40. The summed E-state index contributed by atoms with van der Waals surface area (Å²) < 4.78 is 0. The number of allylic oxidation sites excluding steroid dienone is 8. The molecule has 0 aliphatic heterocycles. The van der Waals surface area contributed by atoms with Gasteiger partial charge < -0.3 is 0 Å². The van der Waals surface area contributed by atoms with Crippen LogP contribution in [0.4, 0.5) is 0 Å². The van der Waals surface area contributed by atoms with Crippen molar-refractivity contribution in [3.63, 3.8) is 0 Å². The van der Waals surface area contributed by atoms with E-state index in [4.69, 9.17) is 11.6 Å². The van der Waals surface area contributed by atoms with E-state index in [0.29, 0.717) is 0 Å². The average Bonchev–Trinajstić information content (AvgIpc) is 2.35. The van der Waals surface area contributed by atoms with Gasteiger partial charge in [-0.25, -0.2) is 0 Å². The van der Waals surface area contributed by atoms with E-state index in [2.05, 4.69) is 65.8 Å². The fourth-order valence-corrected chi connectivity index (χ4v) is 2.36. The summed E-state index contributed by atoms with van der Waals surface area (Å²) in [5.41, 5.74) is 5.62. The van der Waals surface area contributed by atoms with Crippen LogP contribution in [0.1, 0.15) is 73.6 Å². The minimum atomic E-state index is 0.120. The van der Waals surface area contributed by atoms with Crippen LogP contribution in [0.2, 0.25) is 0 Å². The molecule has 0 heterocycles. The van der Waals surface area contributed by atoms with E-state index < -0.39 is 0 Å². The van der Waals surface area contributed by atoms with E-state index in [1.807, 2.05) is 0 Å². The summed E-state index contributed by atoms with van der Waals surface area (Å²) in [6.45, 7) is 13.0. The molecule has 0 saturated carbocycles. The number of alkyl halides is 1. The van der Waals surface area contributed by atoms with Gasteiger partial charge in [0.1, 0.15) is 0 Å². The number of hydrogen-bond donors (Lipinski definition) is 0. The molecule has 0 aromatic heterocycles. The predicted molar refractivity (Wildman–Crippen MR) is 99.1 cm³/mol. The Bertz CT molecular complexity index is 400. The zero-order valence-corrected chi connectivity index (χ0v) is 15.6. The lowest BCUT2D eigenvalue weighted by Gasteiger charge is -2.05. The van der Waals surface area contributed by atoms with Crippen molar-refractivity contribution < 1.29 is 0 Å². The monoisotopic (exact) mass is 308 g/mol. The van der Waals surface area contributed by atoms with Crippen molar-refractivity contribution in [3.05, 3.63) is 46.6 Å². The Labute approximate surface area is 137 Å². The van der Waals surface area contributed by atoms with Crippen LogP contribution in [-0.4, -0.2) is 5.38 Å². The second-order valence-corrected chi connectivity index (χ2v) is 7.02. The largest absolute Gasteiger partial charge is 0.118 e. The molecule has 1 atom stereocenters. The summed E-state index contributed by atoms with van der Waals surface area (Å²) in [5, 5.41) is 0.120. The number of rotatable bonds is 9. The van der Waals surface area contributed by atoms with Crippen LogP contribution >= 0.6 is 11.6 Å². The van der Waals surface area contributed by atoms with E-state index >= 15 is 0 Å². The van der Waals surface area contributed by atoms with E-state index in [9.17, 15) is 0 Å². The minimum Gasteiger partial charge on any atom is -0.118 e. The van der Waals surface area contributed by atoms with Gasteiger partial charge in [-0.05, 0) is 73.6 Å². The molecule has 0 nitrogen and oxygen atoms in total. The van der Waals surface area contributed by atoms with Gasteiger partial charge in [-0.15, -0.1) is 11.6 Å². The molecular formula is C20H33Cl. The molecule has 0 fully saturated rings. The first-order chi connectivity index (χ1) is 9.81. The fraction of sp³-hybridized carbons (Fsp3) is 0.600. The third-order valence-electron chi connectivity index (χ3n) is 3.34. The molecule has 0 aliphatic carbocycles. The van der Waals surface area contributed by atoms with Gasteiger partial charge in [0.05, 0.1) is 5.38 Å². The molecule has 120 valence electrons. The van der Waals surface area contributed by atoms with E-state index in [0.717, 1.165) is 32.1 Å². The third kappa shape index (κ3) is 14.0. The Morgan fingerprint density at radius 3 is 1.71 bits per heavy atom. The van der Waals surface area contributed by atoms with Crippen LogP contribution in [0, 0.1) is 0 Å². The Balaban J connectivity index is 4.14. The standard InChI is InChI=1S/C20H33Cl/c1-16(2)9-7-11-18(5)13-14-20(21)15-19(6)12-8-10-17(3)4/h9-10,13,15,20H,7-8,11-12,14H2,1-6H3. The molecule has 0 saturated heterocycles. The summed E-state index contributed by atoms with van der Waals surface area (Å²) >= 11 is 6.40. The van der Waals surface area contributed by atoms with Gasteiger partial charge >= 0.3 is 0 Å². The van der Waals surface area contributed by atoms with Gasteiger partial charge in [-0.3, -0.25) is 0 Å². The Morgan fingerprint density at radius 2 is 1.24 bits per heavy atom. The summed E-state index contributed by atoms with van der Waals surface area (Å²) in [6.07, 6.45) is 14.5. The minimum absolute atomic E-state index is 0.120. The number of halogens is 1. The first-order valence-electron chi connectivity index (χ1n) is 8.05. The van der Waals surface area contributed by atoms with Gasteiger partial charge in [0.15, 0.2) is 0 Å². The van der Waals surface area contributed by atoms with E-state index in [-0.39, 0.29) is 5.38 Å². The molecule has 1 heteroatoms. The second-order valence-electron chi connectivity index (χ2n) is 6.46. The van der Waals surface area contributed by atoms with Gasteiger partial charge in [0.25, 0.3) is 0 Å². The Kier molecular flexibility index (Phi) is 11.4. The summed E-state index contributed by atoms with van der Waals surface area (Å²) in [5.74, 6) is 0.